The molecular formula is C47H51NO5Si. The molecule has 1 fully saturated rings. The van der Waals surface area contributed by atoms with Gasteiger partial charge in [0.25, 0.3) is 0 Å². The van der Waals surface area contributed by atoms with E-state index in [1.54, 1.807) is 0 Å². The fourth-order valence-corrected chi connectivity index (χ4v) is 12.4. The molecule has 0 bridgehead atoms. The number of piperidine rings is 1. The third-order valence-electron chi connectivity index (χ3n) is 10.7. The van der Waals surface area contributed by atoms with Crippen molar-refractivity contribution in [1.82, 2.24) is 4.90 Å². The standard InChI is InChI=1S/C47H51NO5Si/c1-34-43-28-27-40(51-35(2)49)33-44(43)52-46(37-21-23-38(24-22-37)50-32-31-48-29-13-8-14-30-48)45(34)36-19-25-39(26-20-36)53-54(47(3,4)5,41-15-9-6-10-16-41)42-17-11-7-12-18-42/h6-7,9-12,15-28,33,46H,8,13-14,29-32H2,1-5H3. The van der Waals surface area contributed by atoms with Crippen LogP contribution < -0.4 is 29.0 Å². The summed E-state index contributed by atoms with van der Waals surface area (Å²) < 4.78 is 25.8. The molecule has 5 aromatic rings. The van der Waals surface area contributed by atoms with E-state index >= 15 is 0 Å². The number of likely N-dealkylation sites (tertiary alicyclic amines) is 1. The van der Waals surface area contributed by atoms with Crippen LogP contribution in [-0.4, -0.2) is 45.4 Å². The minimum Gasteiger partial charge on any atom is -0.534 e. The van der Waals surface area contributed by atoms with Crippen LogP contribution in [0.1, 0.15) is 76.7 Å². The van der Waals surface area contributed by atoms with E-state index in [0.29, 0.717) is 18.1 Å². The van der Waals surface area contributed by atoms with Crippen molar-refractivity contribution in [2.45, 2.75) is 65.0 Å². The predicted octanol–water partition coefficient (Wildman–Crippen LogP) is 9.48. The molecule has 2 aliphatic rings. The Morgan fingerprint density at radius 2 is 1.35 bits per heavy atom. The lowest BCUT2D eigenvalue weighted by molar-refractivity contribution is -0.131. The van der Waals surface area contributed by atoms with Crippen LogP contribution in [0.3, 0.4) is 0 Å². The van der Waals surface area contributed by atoms with Gasteiger partial charge in [-0.15, -0.1) is 0 Å². The van der Waals surface area contributed by atoms with E-state index in [1.807, 2.05) is 30.3 Å². The number of carbonyl (C=O) groups excluding carboxylic acids is 1. The molecule has 7 heteroatoms. The summed E-state index contributed by atoms with van der Waals surface area (Å²) in [5.74, 6) is 2.44. The largest absolute Gasteiger partial charge is 0.534 e. The number of hydrogen-bond acceptors (Lipinski definition) is 6. The maximum absolute atomic E-state index is 11.8. The highest BCUT2D eigenvalue weighted by molar-refractivity contribution is 7.00. The van der Waals surface area contributed by atoms with Crippen LogP contribution in [0.25, 0.3) is 11.1 Å². The van der Waals surface area contributed by atoms with Gasteiger partial charge in [0.15, 0.2) is 0 Å². The first kappa shape index (κ1) is 37.2. The Morgan fingerprint density at radius 1 is 0.759 bits per heavy atom. The van der Waals surface area contributed by atoms with Gasteiger partial charge in [-0.25, -0.2) is 0 Å². The number of benzene rings is 5. The number of hydrogen-bond donors (Lipinski definition) is 0. The van der Waals surface area contributed by atoms with Crippen molar-refractivity contribution in [3.8, 4) is 23.0 Å². The molecule has 278 valence electrons. The van der Waals surface area contributed by atoms with Crippen LogP contribution in [0.15, 0.2) is 127 Å². The fourth-order valence-electron chi connectivity index (χ4n) is 8.01. The lowest BCUT2D eigenvalue weighted by Crippen LogP contribution is -2.68. The zero-order valence-corrected chi connectivity index (χ0v) is 33.1. The minimum absolute atomic E-state index is 0.159. The van der Waals surface area contributed by atoms with Crippen LogP contribution in [0.4, 0.5) is 0 Å². The molecule has 6 nitrogen and oxygen atoms in total. The van der Waals surface area contributed by atoms with E-state index in [1.165, 1.54) is 36.6 Å². The molecule has 0 aromatic heterocycles. The molecule has 1 unspecified atom stereocenters. The highest BCUT2D eigenvalue weighted by atomic mass is 28.4. The number of allylic oxidation sites excluding steroid dienone is 1. The number of rotatable bonds is 11. The van der Waals surface area contributed by atoms with Crippen LogP contribution in [0.2, 0.25) is 5.04 Å². The molecular weight excluding hydrogens is 687 g/mol. The Kier molecular flexibility index (Phi) is 11.1. The molecule has 1 atom stereocenters. The first-order valence-electron chi connectivity index (χ1n) is 19.2. The highest BCUT2D eigenvalue weighted by Gasteiger charge is 2.52. The van der Waals surface area contributed by atoms with Crippen LogP contribution >= 0.6 is 0 Å². The summed E-state index contributed by atoms with van der Waals surface area (Å²) >= 11 is 0. The Bertz CT molecular complexity index is 2030. The topological polar surface area (TPSA) is 57.2 Å². The Balaban J connectivity index is 1.22. The van der Waals surface area contributed by atoms with Gasteiger partial charge in [-0.3, -0.25) is 9.69 Å². The van der Waals surface area contributed by atoms with Crippen molar-refractivity contribution in [2.24, 2.45) is 0 Å². The number of fused-ring (bicyclic) bond motifs is 1. The van der Waals surface area contributed by atoms with E-state index in [0.717, 1.165) is 59.0 Å². The van der Waals surface area contributed by atoms with Gasteiger partial charge < -0.3 is 18.6 Å². The lowest BCUT2D eigenvalue weighted by Gasteiger charge is -2.43. The Hall–Kier alpha value is -5.11. The van der Waals surface area contributed by atoms with Crippen molar-refractivity contribution < 1.29 is 23.4 Å². The second-order valence-electron chi connectivity index (χ2n) is 15.4. The summed E-state index contributed by atoms with van der Waals surface area (Å²) in [7, 11) is -2.80. The highest BCUT2D eigenvalue weighted by Crippen LogP contribution is 2.48. The first-order chi connectivity index (χ1) is 26.1. The average Bonchev–Trinajstić information content (AvgIpc) is 3.18. The van der Waals surface area contributed by atoms with Crippen LogP contribution in [0.5, 0.6) is 23.0 Å². The summed E-state index contributed by atoms with van der Waals surface area (Å²) in [4.78, 5) is 14.3. The molecule has 2 heterocycles. The van der Waals surface area contributed by atoms with Gasteiger partial charge in [0.1, 0.15) is 35.7 Å². The van der Waals surface area contributed by atoms with Crippen molar-refractivity contribution in [1.29, 1.82) is 0 Å². The maximum Gasteiger partial charge on any atom is 0.319 e. The molecule has 2 aliphatic heterocycles. The second-order valence-corrected chi connectivity index (χ2v) is 19.6. The van der Waals surface area contributed by atoms with Crippen LogP contribution in [-0.2, 0) is 4.79 Å². The summed E-state index contributed by atoms with van der Waals surface area (Å²) in [5.41, 5.74) is 5.17. The summed E-state index contributed by atoms with van der Waals surface area (Å²) in [6.07, 6.45) is 3.46. The van der Waals surface area contributed by atoms with E-state index in [-0.39, 0.29) is 11.0 Å². The quantitative estimate of drug-likeness (QED) is 0.0765. The van der Waals surface area contributed by atoms with Crippen molar-refractivity contribution >= 4 is 35.8 Å². The minimum atomic E-state index is -2.80. The van der Waals surface area contributed by atoms with Gasteiger partial charge in [-0.2, -0.15) is 0 Å². The lowest BCUT2D eigenvalue weighted by atomic mass is 9.86. The molecule has 0 N–H and O–H groups in total. The third kappa shape index (κ3) is 7.89. The van der Waals surface area contributed by atoms with Crippen molar-refractivity contribution in [3.05, 3.63) is 144 Å². The summed E-state index contributed by atoms with van der Waals surface area (Å²) in [6, 6.07) is 43.8. The number of ether oxygens (including phenoxy) is 3. The molecule has 0 spiro atoms. The van der Waals surface area contributed by atoms with Crippen molar-refractivity contribution in [2.75, 3.05) is 26.2 Å². The zero-order chi connectivity index (χ0) is 37.7. The van der Waals surface area contributed by atoms with Crippen molar-refractivity contribution in [3.63, 3.8) is 0 Å². The van der Waals surface area contributed by atoms with E-state index in [4.69, 9.17) is 18.6 Å². The van der Waals surface area contributed by atoms with Gasteiger partial charge in [0.05, 0.1) is 0 Å². The van der Waals surface area contributed by atoms with E-state index in [9.17, 15) is 4.79 Å². The first-order valence-corrected chi connectivity index (χ1v) is 21.1. The molecule has 0 radical (unpaired) electrons. The van der Waals surface area contributed by atoms with E-state index < -0.39 is 14.4 Å². The number of nitrogens with zero attached hydrogens (tertiary/aromatic N) is 1. The number of esters is 1. The number of carbonyl (C=O) groups is 1. The average molecular weight is 738 g/mol. The molecule has 0 amide bonds. The van der Waals surface area contributed by atoms with E-state index in [2.05, 4.69) is 130 Å². The smallest absolute Gasteiger partial charge is 0.319 e. The zero-order valence-electron chi connectivity index (χ0n) is 32.1. The second kappa shape index (κ2) is 16.1. The molecule has 7 rings (SSSR count). The summed E-state index contributed by atoms with van der Waals surface area (Å²) in [6.45, 7) is 14.3. The summed E-state index contributed by atoms with van der Waals surface area (Å²) in [5, 5.41) is 2.31. The van der Waals surface area contributed by atoms with Gasteiger partial charge in [0.2, 0.25) is 0 Å². The molecule has 54 heavy (non-hydrogen) atoms. The molecule has 0 saturated carbocycles. The van der Waals surface area contributed by atoms with Crippen LogP contribution in [0, 0.1) is 0 Å². The SMILES string of the molecule is CC(=O)Oc1ccc2c(c1)OC(c1ccc(OCCN3CCCCC3)cc1)C(c1ccc(O[Si](c3ccccc3)(c3ccccc3)C(C)(C)C)cc1)=C2C. The Labute approximate surface area is 321 Å². The van der Waals surface area contributed by atoms with Gasteiger partial charge in [0, 0.05) is 30.7 Å². The monoisotopic (exact) mass is 737 g/mol. The fraction of sp³-hybridized carbons (Fsp3) is 0.298. The van der Waals surface area contributed by atoms with Gasteiger partial charge in [-0.05, 0) is 101 Å². The van der Waals surface area contributed by atoms with Gasteiger partial charge in [-0.1, -0.05) is 112 Å². The van der Waals surface area contributed by atoms with Gasteiger partial charge >= 0.3 is 14.3 Å². The predicted molar refractivity (Wildman–Crippen MR) is 221 cm³/mol. The maximum atomic E-state index is 11.8. The molecule has 0 aliphatic carbocycles. The molecule has 5 aromatic carbocycles. The third-order valence-corrected chi connectivity index (χ3v) is 15.6. The normalized spacial score (nSPS) is 16.3. The Morgan fingerprint density at radius 3 is 1.94 bits per heavy atom. The molecule has 1 saturated heterocycles.